The SMILES string of the molecule is CC1CN(S(=O)(=O)CCCCCCCCCCNc2cccc3c2C(=O)N(C2CCC(=O)NC2=O)C3=O)CCN1Cc1cc2c(=O)n(C)cc(-c3ccncc3OCC3CC3)c2o1. The molecule has 6 heterocycles. The second kappa shape index (κ2) is 19.2. The summed E-state index contributed by atoms with van der Waals surface area (Å²) in [6, 6.07) is 7.71. The fourth-order valence-electron chi connectivity index (χ4n) is 8.92. The Morgan fingerprint density at radius 2 is 1.67 bits per heavy atom. The van der Waals surface area contributed by atoms with E-state index < -0.39 is 39.7 Å². The monoisotopic (exact) mass is 883 g/mol. The molecule has 4 aliphatic rings. The molecule has 0 spiro atoms. The molecular weight excluding hydrogens is 827 g/mol. The van der Waals surface area contributed by atoms with Crippen LogP contribution in [0.15, 0.2) is 58.1 Å². The van der Waals surface area contributed by atoms with Crippen molar-refractivity contribution < 1.29 is 36.7 Å². The fourth-order valence-corrected chi connectivity index (χ4v) is 10.5. The van der Waals surface area contributed by atoms with Gasteiger partial charge in [0.1, 0.15) is 23.1 Å². The lowest BCUT2D eigenvalue weighted by atomic mass is 10.0. The summed E-state index contributed by atoms with van der Waals surface area (Å²) in [5, 5.41) is 6.01. The van der Waals surface area contributed by atoms with Crippen LogP contribution in [-0.2, 0) is 33.2 Å². The second-order valence-corrected chi connectivity index (χ2v) is 19.6. The molecule has 4 aromatic rings. The van der Waals surface area contributed by atoms with Crippen LogP contribution in [0.25, 0.3) is 22.1 Å². The van der Waals surface area contributed by atoms with Gasteiger partial charge in [-0.1, -0.05) is 44.6 Å². The predicted molar refractivity (Wildman–Crippen MR) is 237 cm³/mol. The summed E-state index contributed by atoms with van der Waals surface area (Å²) in [6.07, 6.45) is 15.1. The lowest BCUT2D eigenvalue weighted by molar-refractivity contribution is -0.136. The maximum absolute atomic E-state index is 13.4. The minimum Gasteiger partial charge on any atom is -0.491 e. The van der Waals surface area contributed by atoms with E-state index in [4.69, 9.17) is 9.15 Å². The van der Waals surface area contributed by atoms with Crippen molar-refractivity contribution in [2.75, 3.05) is 43.9 Å². The molecule has 3 aromatic heterocycles. The average molecular weight is 884 g/mol. The molecule has 16 nitrogen and oxygen atoms in total. The molecule has 2 atom stereocenters. The number of imide groups is 2. The number of piperazine rings is 1. The van der Waals surface area contributed by atoms with E-state index in [2.05, 4.69) is 20.5 Å². The number of carbonyl (C=O) groups is 4. The highest BCUT2D eigenvalue weighted by molar-refractivity contribution is 7.89. The van der Waals surface area contributed by atoms with Crippen LogP contribution >= 0.6 is 0 Å². The number of amides is 4. The topological polar surface area (TPSA) is 193 Å². The number of sulfonamides is 1. The quantitative estimate of drug-likeness (QED) is 0.0844. The molecule has 17 heteroatoms. The fraction of sp³-hybridized carbons (Fsp3) is 0.522. The molecule has 3 aliphatic heterocycles. The highest BCUT2D eigenvalue weighted by atomic mass is 32.2. The number of anilines is 1. The minimum absolute atomic E-state index is 0.0441. The van der Waals surface area contributed by atoms with Gasteiger partial charge in [0.2, 0.25) is 21.8 Å². The Hall–Kier alpha value is -5.39. The number of ether oxygens (including phenoxy) is 1. The van der Waals surface area contributed by atoms with Crippen LogP contribution in [0.2, 0.25) is 0 Å². The van der Waals surface area contributed by atoms with E-state index >= 15 is 0 Å². The molecule has 2 saturated heterocycles. The Morgan fingerprint density at radius 1 is 0.905 bits per heavy atom. The largest absolute Gasteiger partial charge is 0.491 e. The summed E-state index contributed by atoms with van der Waals surface area (Å²) >= 11 is 0. The number of piperidine rings is 1. The normalized spacial score (nSPS) is 19.8. The van der Waals surface area contributed by atoms with Crippen molar-refractivity contribution in [3.8, 4) is 16.9 Å². The zero-order valence-corrected chi connectivity index (χ0v) is 36.9. The lowest BCUT2D eigenvalue weighted by Crippen LogP contribution is -2.54. The second-order valence-electron chi connectivity index (χ2n) is 17.5. The third-order valence-corrected chi connectivity index (χ3v) is 14.7. The number of unbranched alkanes of at least 4 members (excludes halogenated alkanes) is 7. The van der Waals surface area contributed by atoms with Crippen LogP contribution in [0.5, 0.6) is 5.75 Å². The standard InChI is InChI=1S/C46H57N7O9S/c1-30-26-52(22-21-51(30)27-32-24-35-42(62-32)36(28-50(2)44(35)56)33-18-20-47-25-39(33)61-29-31-14-15-31)63(59,60)23-10-8-6-4-3-5-7-9-19-48-37-13-11-12-34-41(37)46(58)53(45(34)57)38-16-17-40(54)49-43(38)55/h11-13,18,20,24-25,28,30-31,38,48H,3-10,14-17,19,21-23,26-27,29H2,1-2H3,(H,49,54,55). The van der Waals surface area contributed by atoms with E-state index in [-0.39, 0.29) is 41.3 Å². The number of hydrogen-bond donors (Lipinski definition) is 2. The Balaban J connectivity index is 0.734. The van der Waals surface area contributed by atoms with Crippen LogP contribution in [0.4, 0.5) is 5.69 Å². The molecule has 0 radical (unpaired) electrons. The van der Waals surface area contributed by atoms with Crippen molar-refractivity contribution in [2.24, 2.45) is 13.0 Å². The van der Waals surface area contributed by atoms with Gasteiger partial charge in [0, 0.05) is 74.9 Å². The van der Waals surface area contributed by atoms with Crippen molar-refractivity contribution in [1.29, 1.82) is 0 Å². The first-order chi connectivity index (χ1) is 30.4. The summed E-state index contributed by atoms with van der Waals surface area (Å²) < 4.78 is 42.5. The Bertz CT molecular complexity index is 2550. The number of nitrogens with zero attached hydrogens (tertiary/aromatic N) is 5. The number of aryl methyl sites for hydroxylation is 1. The molecule has 4 amide bonds. The number of benzene rings is 1. The smallest absolute Gasteiger partial charge is 0.264 e. The van der Waals surface area contributed by atoms with E-state index in [0.717, 1.165) is 61.0 Å². The first-order valence-corrected chi connectivity index (χ1v) is 24.0. The molecule has 0 bridgehead atoms. The van der Waals surface area contributed by atoms with Gasteiger partial charge in [-0.15, -0.1) is 0 Å². The van der Waals surface area contributed by atoms with Gasteiger partial charge in [-0.2, -0.15) is 4.31 Å². The van der Waals surface area contributed by atoms with Crippen molar-refractivity contribution in [2.45, 2.75) is 103 Å². The van der Waals surface area contributed by atoms with Crippen LogP contribution in [0.3, 0.4) is 0 Å². The molecule has 2 N–H and O–H groups in total. The molecule has 1 aromatic carbocycles. The number of furan rings is 1. The summed E-state index contributed by atoms with van der Waals surface area (Å²) in [4.78, 5) is 71.1. The minimum atomic E-state index is -3.40. The lowest BCUT2D eigenvalue weighted by Gasteiger charge is -2.38. The van der Waals surface area contributed by atoms with Gasteiger partial charge < -0.3 is 19.0 Å². The third-order valence-electron chi connectivity index (χ3n) is 12.7. The van der Waals surface area contributed by atoms with E-state index in [1.165, 1.54) is 12.8 Å². The predicted octanol–water partition coefficient (Wildman–Crippen LogP) is 5.45. The maximum Gasteiger partial charge on any atom is 0.264 e. The number of carbonyl (C=O) groups excluding carboxylic acids is 4. The number of aromatic nitrogens is 2. The number of rotatable bonds is 20. The zero-order valence-electron chi connectivity index (χ0n) is 36.1. The Morgan fingerprint density at radius 3 is 2.41 bits per heavy atom. The Kier molecular flexibility index (Phi) is 13.4. The van der Waals surface area contributed by atoms with Crippen LogP contribution in [-0.4, -0.2) is 106 Å². The highest BCUT2D eigenvalue weighted by Crippen LogP contribution is 2.37. The number of pyridine rings is 2. The van der Waals surface area contributed by atoms with E-state index in [0.29, 0.717) is 79.8 Å². The molecule has 336 valence electrons. The molecule has 1 aliphatic carbocycles. The van der Waals surface area contributed by atoms with Gasteiger partial charge in [0.15, 0.2) is 0 Å². The molecular formula is C46H57N7O9S. The zero-order chi connectivity index (χ0) is 44.3. The van der Waals surface area contributed by atoms with Gasteiger partial charge in [0.05, 0.1) is 41.6 Å². The van der Waals surface area contributed by atoms with Gasteiger partial charge in [0.25, 0.3) is 17.4 Å². The first kappa shape index (κ1) is 44.2. The summed E-state index contributed by atoms with van der Waals surface area (Å²) in [6.45, 7) is 5.08. The van der Waals surface area contributed by atoms with Gasteiger partial charge in [-0.25, -0.2) is 8.42 Å². The van der Waals surface area contributed by atoms with Crippen LogP contribution in [0.1, 0.15) is 110 Å². The highest BCUT2D eigenvalue weighted by Gasteiger charge is 2.45. The molecule has 63 heavy (non-hydrogen) atoms. The van der Waals surface area contributed by atoms with Crippen LogP contribution < -0.4 is 20.9 Å². The summed E-state index contributed by atoms with van der Waals surface area (Å²) in [5.74, 6) is -0.0736. The molecule has 2 unspecified atom stereocenters. The van der Waals surface area contributed by atoms with Gasteiger partial charge in [-0.3, -0.25) is 44.1 Å². The third kappa shape index (κ3) is 9.90. The maximum atomic E-state index is 13.4. The number of nitrogens with one attached hydrogen (secondary N) is 2. The molecule has 8 rings (SSSR count). The van der Waals surface area contributed by atoms with E-state index in [1.54, 1.807) is 52.7 Å². The van der Waals surface area contributed by atoms with E-state index in [9.17, 15) is 32.4 Å². The van der Waals surface area contributed by atoms with Crippen molar-refractivity contribution in [3.63, 3.8) is 0 Å². The molecule has 3 fully saturated rings. The first-order valence-electron chi connectivity index (χ1n) is 22.4. The van der Waals surface area contributed by atoms with Crippen molar-refractivity contribution in [3.05, 3.63) is 76.2 Å². The van der Waals surface area contributed by atoms with Gasteiger partial charge in [-0.05, 0) is 69.2 Å². The summed E-state index contributed by atoms with van der Waals surface area (Å²) in [7, 11) is -1.67. The van der Waals surface area contributed by atoms with Crippen molar-refractivity contribution in [1.82, 2.24) is 29.0 Å². The number of fused-ring (bicyclic) bond motifs is 2. The van der Waals surface area contributed by atoms with Crippen molar-refractivity contribution >= 4 is 50.3 Å². The number of hydrogen-bond acceptors (Lipinski definition) is 12. The summed E-state index contributed by atoms with van der Waals surface area (Å²) in [5.41, 5.74) is 3.01. The van der Waals surface area contributed by atoms with Crippen LogP contribution in [0, 0.1) is 5.92 Å². The van der Waals surface area contributed by atoms with Gasteiger partial charge >= 0.3 is 0 Å². The molecule has 1 saturated carbocycles. The van der Waals surface area contributed by atoms with E-state index in [1.807, 2.05) is 19.1 Å². The Labute approximate surface area is 367 Å². The average Bonchev–Trinajstić information content (AvgIpc) is 3.95.